The smallest absolute Gasteiger partial charge is 0.272 e. The molecule has 80 valence electrons. The number of rotatable bonds is 1. The molecule has 0 aromatic heterocycles. The zero-order valence-electron chi connectivity index (χ0n) is 8.12. The number of likely N-dealkylation sites (N-methyl/N-ethyl adjacent to an activating group) is 1. The summed E-state index contributed by atoms with van der Waals surface area (Å²) in [5.41, 5.74) is -0.797. The van der Waals surface area contributed by atoms with Crippen molar-refractivity contribution in [1.82, 2.24) is 9.03 Å². The molecule has 0 bridgehead atoms. The first kappa shape index (κ1) is 9.92. The van der Waals surface area contributed by atoms with E-state index in [1.807, 2.05) is 0 Å². The second-order valence-corrected chi connectivity index (χ2v) is 5.46. The van der Waals surface area contributed by atoms with Gasteiger partial charge in [0.1, 0.15) is 5.54 Å². The molecule has 1 aliphatic carbocycles. The van der Waals surface area contributed by atoms with Crippen LogP contribution < -0.4 is 4.72 Å². The highest BCUT2D eigenvalue weighted by molar-refractivity contribution is 7.88. The van der Waals surface area contributed by atoms with E-state index in [1.54, 1.807) is 6.92 Å². The van der Waals surface area contributed by atoms with E-state index < -0.39 is 15.7 Å². The van der Waals surface area contributed by atoms with Crippen LogP contribution in [0.4, 0.5) is 0 Å². The van der Waals surface area contributed by atoms with Crippen LogP contribution >= 0.6 is 0 Å². The molecule has 0 unspecified atom stereocenters. The van der Waals surface area contributed by atoms with Gasteiger partial charge in [-0.25, -0.2) is 4.31 Å². The highest BCUT2D eigenvalue weighted by Crippen LogP contribution is 2.36. The standard InChI is InChI=1S/C8H14N2O3S/c1-2-10-7(11)8(5-3-4-6-8)9-14(10,12)13/h9H,2-6H2,1H3. The zero-order chi connectivity index (χ0) is 10.4. The molecule has 1 aliphatic heterocycles. The van der Waals surface area contributed by atoms with E-state index in [4.69, 9.17) is 0 Å². The molecule has 1 spiro atoms. The van der Waals surface area contributed by atoms with Gasteiger partial charge in [-0.3, -0.25) is 4.79 Å². The van der Waals surface area contributed by atoms with E-state index in [1.165, 1.54) is 0 Å². The van der Waals surface area contributed by atoms with Gasteiger partial charge in [-0.1, -0.05) is 12.8 Å². The van der Waals surface area contributed by atoms with Gasteiger partial charge < -0.3 is 0 Å². The van der Waals surface area contributed by atoms with Crippen molar-refractivity contribution in [1.29, 1.82) is 0 Å². The highest BCUT2D eigenvalue weighted by Gasteiger charge is 2.54. The minimum absolute atomic E-state index is 0.218. The predicted octanol–water partition coefficient (Wildman–Crippen LogP) is -0.00430. The first-order valence-electron chi connectivity index (χ1n) is 4.88. The Hall–Kier alpha value is -0.620. The van der Waals surface area contributed by atoms with Crippen LogP contribution in [0.3, 0.4) is 0 Å². The summed E-state index contributed by atoms with van der Waals surface area (Å²) in [6.45, 7) is 1.89. The first-order valence-corrected chi connectivity index (χ1v) is 6.32. The van der Waals surface area contributed by atoms with Crippen LogP contribution in [0.1, 0.15) is 32.6 Å². The molecule has 14 heavy (non-hydrogen) atoms. The van der Waals surface area contributed by atoms with Crippen LogP contribution in [-0.4, -0.2) is 30.7 Å². The molecular weight excluding hydrogens is 204 g/mol. The van der Waals surface area contributed by atoms with Crippen LogP contribution in [0, 0.1) is 0 Å². The number of amides is 1. The minimum Gasteiger partial charge on any atom is -0.272 e. The molecule has 6 heteroatoms. The number of hydrogen-bond acceptors (Lipinski definition) is 3. The quantitative estimate of drug-likeness (QED) is 0.673. The maximum Gasteiger partial charge on any atom is 0.304 e. The van der Waals surface area contributed by atoms with Crippen LogP contribution in [0.2, 0.25) is 0 Å². The van der Waals surface area contributed by atoms with Gasteiger partial charge in [0, 0.05) is 6.54 Å². The Morgan fingerprint density at radius 3 is 2.43 bits per heavy atom. The van der Waals surface area contributed by atoms with E-state index in [0.29, 0.717) is 12.8 Å². The lowest BCUT2D eigenvalue weighted by Gasteiger charge is -2.17. The van der Waals surface area contributed by atoms with Gasteiger partial charge in [-0.05, 0) is 19.8 Å². The van der Waals surface area contributed by atoms with E-state index in [0.717, 1.165) is 17.1 Å². The fourth-order valence-electron chi connectivity index (χ4n) is 2.30. The summed E-state index contributed by atoms with van der Waals surface area (Å²) in [5.74, 6) is -0.266. The molecule has 2 aliphatic rings. The minimum atomic E-state index is -3.54. The van der Waals surface area contributed by atoms with Gasteiger partial charge in [-0.2, -0.15) is 13.1 Å². The van der Waals surface area contributed by atoms with Gasteiger partial charge >= 0.3 is 10.2 Å². The van der Waals surface area contributed by atoms with Crippen molar-refractivity contribution in [2.75, 3.05) is 6.54 Å². The number of nitrogens with zero attached hydrogens (tertiary/aromatic N) is 1. The molecule has 1 saturated carbocycles. The maximum absolute atomic E-state index is 11.9. The summed E-state index contributed by atoms with van der Waals surface area (Å²) in [6.07, 6.45) is 3.13. The van der Waals surface area contributed by atoms with E-state index in [9.17, 15) is 13.2 Å². The number of carbonyl (C=O) groups excluding carboxylic acids is 1. The number of hydrogen-bond donors (Lipinski definition) is 1. The normalized spacial score (nSPS) is 28.9. The van der Waals surface area contributed by atoms with Gasteiger partial charge in [0.2, 0.25) is 0 Å². The van der Waals surface area contributed by atoms with Gasteiger partial charge in [0.15, 0.2) is 0 Å². The summed E-state index contributed by atoms with van der Waals surface area (Å²) in [7, 11) is -3.54. The fraction of sp³-hybridized carbons (Fsp3) is 0.875. The zero-order valence-corrected chi connectivity index (χ0v) is 8.93. The second-order valence-electron chi connectivity index (χ2n) is 3.87. The maximum atomic E-state index is 11.9. The molecule has 1 heterocycles. The largest absolute Gasteiger partial charge is 0.304 e. The Morgan fingerprint density at radius 1 is 1.43 bits per heavy atom. The lowest BCUT2D eigenvalue weighted by Crippen LogP contribution is -2.44. The average molecular weight is 218 g/mol. The Labute approximate surface area is 83.6 Å². The van der Waals surface area contributed by atoms with Crippen LogP contribution in [0.5, 0.6) is 0 Å². The summed E-state index contributed by atoms with van der Waals surface area (Å²) in [6, 6.07) is 0. The van der Waals surface area contributed by atoms with Gasteiger partial charge in [0.05, 0.1) is 0 Å². The van der Waals surface area contributed by atoms with E-state index >= 15 is 0 Å². The van der Waals surface area contributed by atoms with E-state index in [-0.39, 0.29) is 12.5 Å². The molecule has 0 radical (unpaired) electrons. The van der Waals surface area contributed by atoms with Crippen molar-refractivity contribution in [2.45, 2.75) is 38.1 Å². The summed E-state index contributed by atoms with van der Waals surface area (Å²) >= 11 is 0. The lowest BCUT2D eigenvalue weighted by atomic mass is 9.98. The lowest BCUT2D eigenvalue weighted by molar-refractivity contribution is -0.130. The Balaban J connectivity index is 2.39. The molecule has 1 N–H and O–H groups in total. The summed E-state index contributed by atoms with van der Waals surface area (Å²) in [5, 5.41) is 0. The van der Waals surface area contributed by atoms with Crippen molar-refractivity contribution in [3.05, 3.63) is 0 Å². The average Bonchev–Trinajstić information content (AvgIpc) is 2.59. The van der Waals surface area contributed by atoms with Crippen LogP contribution in [0.15, 0.2) is 0 Å². The summed E-state index contributed by atoms with van der Waals surface area (Å²) in [4.78, 5) is 11.9. The van der Waals surface area contributed by atoms with E-state index in [2.05, 4.69) is 4.72 Å². The Kier molecular flexibility index (Phi) is 2.08. The molecule has 2 rings (SSSR count). The van der Waals surface area contributed by atoms with Crippen LogP contribution in [-0.2, 0) is 15.0 Å². The molecule has 1 amide bonds. The van der Waals surface area contributed by atoms with Crippen molar-refractivity contribution < 1.29 is 13.2 Å². The molecule has 0 aromatic carbocycles. The number of carbonyl (C=O) groups is 1. The van der Waals surface area contributed by atoms with Crippen molar-refractivity contribution in [3.8, 4) is 0 Å². The van der Waals surface area contributed by atoms with Gasteiger partial charge in [0.25, 0.3) is 5.91 Å². The fourth-order valence-corrected chi connectivity index (χ4v) is 3.93. The Morgan fingerprint density at radius 2 is 2.00 bits per heavy atom. The van der Waals surface area contributed by atoms with Gasteiger partial charge in [-0.15, -0.1) is 0 Å². The molecular formula is C8H14N2O3S. The Bertz CT molecular complexity index is 357. The highest BCUT2D eigenvalue weighted by atomic mass is 32.2. The summed E-state index contributed by atoms with van der Waals surface area (Å²) < 4.78 is 26.6. The van der Waals surface area contributed by atoms with Crippen molar-refractivity contribution >= 4 is 16.1 Å². The predicted molar refractivity (Wildman–Crippen MR) is 50.6 cm³/mol. The van der Waals surface area contributed by atoms with Crippen molar-refractivity contribution in [3.63, 3.8) is 0 Å². The third kappa shape index (κ3) is 1.17. The monoisotopic (exact) mass is 218 g/mol. The SMILES string of the molecule is CCN1C(=O)C2(CCCC2)NS1(=O)=O. The molecule has 1 saturated heterocycles. The molecule has 5 nitrogen and oxygen atoms in total. The van der Waals surface area contributed by atoms with Crippen molar-refractivity contribution in [2.24, 2.45) is 0 Å². The molecule has 0 atom stereocenters. The third-order valence-electron chi connectivity index (χ3n) is 2.99. The molecule has 0 aromatic rings. The topological polar surface area (TPSA) is 66.5 Å². The first-order chi connectivity index (χ1) is 6.52. The third-order valence-corrected chi connectivity index (χ3v) is 4.65. The molecule has 2 fully saturated rings. The van der Waals surface area contributed by atoms with Crippen LogP contribution in [0.25, 0.3) is 0 Å². The number of nitrogens with one attached hydrogen (secondary N) is 1. The second kappa shape index (κ2) is 2.93.